The van der Waals surface area contributed by atoms with Gasteiger partial charge in [-0.15, -0.1) is 0 Å². The molecule has 1 saturated heterocycles. The van der Waals surface area contributed by atoms with Crippen molar-refractivity contribution in [3.8, 4) is 0 Å². The second kappa shape index (κ2) is 10.6. The number of thiocarbonyl (C=S) groups is 1. The normalized spacial score (nSPS) is 14.7. The summed E-state index contributed by atoms with van der Waals surface area (Å²) in [5, 5.41) is 0. The molecule has 0 unspecified atom stereocenters. The van der Waals surface area contributed by atoms with Crippen molar-refractivity contribution in [2.75, 3.05) is 11.4 Å². The van der Waals surface area contributed by atoms with E-state index in [-0.39, 0.29) is 24.8 Å². The first-order valence-corrected chi connectivity index (χ1v) is 11.9. The fourth-order valence-corrected chi connectivity index (χ4v) is 4.86. The molecule has 1 aliphatic rings. The summed E-state index contributed by atoms with van der Waals surface area (Å²) in [7, 11) is 0. The number of carbonyl (C=O) groups is 2. The summed E-state index contributed by atoms with van der Waals surface area (Å²) in [6.07, 6.45) is 2.04. The van der Waals surface area contributed by atoms with E-state index in [0.717, 1.165) is 22.4 Å². The van der Waals surface area contributed by atoms with Gasteiger partial charge in [0.2, 0.25) is 5.91 Å². The summed E-state index contributed by atoms with van der Waals surface area (Å²) >= 11 is 6.73. The molecule has 3 aromatic carbocycles. The molecule has 1 aliphatic heterocycles. The predicted octanol–water partition coefficient (Wildman–Crippen LogP) is 5.82. The molecule has 4 rings (SSSR count). The molecule has 0 radical (unpaired) electrons. The highest BCUT2D eigenvalue weighted by atomic mass is 32.2. The lowest BCUT2D eigenvalue weighted by molar-refractivity contribution is -0.123. The first-order chi connectivity index (χ1) is 16.0. The highest BCUT2D eigenvalue weighted by Gasteiger charge is 2.32. The van der Waals surface area contributed by atoms with Crippen LogP contribution in [0.15, 0.2) is 89.8 Å². The van der Waals surface area contributed by atoms with Gasteiger partial charge < -0.3 is 4.90 Å². The molecule has 0 spiro atoms. The molecule has 4 nitrogen and oxygen atoms in total. The van der Waals surface area contributed by atoms with Crippen LogP contribution in [-0.4, -0.2) is 27.6 Å². The maximum Gasteiger partial charge on any atom is 0.266 e. The monoisotopic (exact) mass is 472 g/mol. The Kier molecular flexibility index (Phi) is 7.37. The van der Waals surface area contributed by atoms with Gasteiger partial charge in [-0.1, -0.05) is 102 Å². The Balaban J connectivity index is 1.46. The Morgan fingerprint density at radius 2 is 1.61 bits per heavy atom. The molecule has 2 amide bonds. The lowest BCUT2D eigenvalue weighted by Gasteiger charge is -2.24. The molecule has 0 saturated carbocycles. The third kappa shape index (κ3) is 5.78. The molecule has 0 bridgehead atoms. The molecule has 1 fully saturated rings. The van der Waals surface area contributed by atoms with Crippen molar-refractivity contribution < 1.29 is 9.59 Å². The summed E-state index contributed by atoms with van der Waals surface area (Å²) in [4.78, 5) is 30.1. The number of hydrogen-bond acceptors (Lipinski definition) is 4. The third-order valence-electron chi connectivity index (χ3n) is 5.35. The fourth-order valence-electron chi connectivity index (χ4n) is 3.55. The van der Waals surface area contributed by atoms with Gasteiger partial charge in [0.15, 0.2) is 0 Å². The second-order valence-corrected chi connectivity index (χ2v) is 9.47. The van der Waals surface area contributed by atoms with Crippen LogP contribution in [0.25, 0.3) is 6.08 Å². The minimum Gasteiger partial charge on any atom is -0.308 e. The largest absolute Gasteiger partial charge is 0.308 e. The maximum absolute atomic E-state index is 13.2. The molecular weight excluding hydrogens is 448 g/mol. The lowest BCUT2D eigenvalue weighted by atomic mass is 10.1. The Morgan fingerprint density at radius 3 is 2.27 bits per heavy atom. The lowest BCUT2D eigenvalue weighted by Crippen LogP contribution is -2.36. The standard InChI is InChI=1S/C27H24N2O2S2/c1-20-12-14-21(15-13-20)18-24-26(31)28(27(32)33-24)17-16-25(30)29(23-10-6-3-7-11-23)19-22-8-4-2-5-9-22/h2-15,18H,16-17,19H2,1H3/b24-18-. The van der Waals surface area contributed by atoms with Gasteiger partial charge in [-0.05, 0) is 36.3 Å². The number of nitrogens with zero attached hydrogens (tertiary/aromatic N) is 2. The van der Waals surface area contributed by atoms with E-state index < -0.39 is 0 Å². The molecule has 6 heteroatoms. The molecular formula is C27H24N2O2S2. The molecule has 0 N–H and O–H groups in total. The number of carbonyl (C=O) groups excluding carboxylic acids is 2. The van der Waals surface area contributed by atoms with Crippen LogP contribution in [0, 0.1) is 6.92 Å². The van der Waals surface area contributed by atoms with E-state index in [1.807, 2.05) is 97.9 Å². The number of aryl methyl sites for hydroxylation is 1. The Bertz CT molecular complexity index is 1180. The summed E-state index contributed by atoms with van der Waals surface area (Å²) in [5.74, 6) is -0.200. The Labute approximate surface area is 203 Å². The summed E-state index contributed by atoms with van der Waals surface area (Å²) in [5.41, 5.74) is 3.99. The third-order valence-corrected chi connectivity index (χ3v) is 6.73. The average Bonchev–Trinajstić information content (AvgIpc) is 3.10. The van der Waals surface area contributed by atoms with Crippen molar-refractivity contribution in [3.63, 3.8) is 0 Å². The zero-order valence-electron chi connectivity index (χ0n) is 18.3. The van der Waals surface area contributed by atoms with Crippen LogP contribution < -0.4 is 4.90 Å². The van der Waals surface area contributed by atoms with Gasteiger partial charge in [-0.25, -0.2) is 0 Å². The molecule has 0 atom stereocenters. The zero-order valence-corrected chi connectivity index (χ0v) is 19.9. The van der Waals surface area contributed by atoms with E-state index >= 15 is 0 Å². The first kappa shape index (κ1) is 23.0. The zero-order chi connectivity index (χ0) is 23.2. The van der Waals surface area contributed by atoms with E-state index in [0.29, 0.717) is 15.8 Å². The molecule has 1 heterocycles. The van der Waals surface area contributed by atoms with Gasteiger partial charge in [0, 0.05) is 18.7 Å². The van der Waals surface area contributed by atoms with E-state index in [9.17, 15) is 9.59 Å². The molecule has 0 aliphatic carbocycles. The van der Waals surface area contributed by atoms with Gasteiger partial charge in [-0.2, -0.15) is 0 Å². The number of thioether (sulfide) groups is 1. The Hall–Kier alpha value is -3.22. The average molecular weight is 473 g/mol. The fraction of sp³-hybridized carbons (Fsp3) is 0.148. The SMILES string of the molecule is Cc1ccc(/C=C2\SC(=S)N(CCC(=O)N(Cc3ccccc3)c3ccccc3)C2=O)cc1. The quantitative estimate of drug-likeness (QED) is 0.321. The van der Waals surface area contributed by atoms with Crippen molar-refractivity contribution in [2.24, 2.45) is 0 Å². The van der Waals surface area contributed by atoms with Crippen LogP contribution in [0.4, 0.5) is 5.69 Å². The van der Waals surface area contributed by atoms with Crippen molar-refractivity contribution in [1.82, 2.24) is 4.90 Å². The number of para-hydroxylation sites is 1. The topological polar surface area (TPSA) is 40.6 Å². The Morgan fingerprint density at radius 1 is 0.970 bits per heavy atom. The first-order valence-electron chi connectivity index (χ1n) is 10.7. The van der Waals surface area contributed by atoms with Gasteiger partial charge in [0.25, 0.3) is 5.91 Å². The number of benzene rings is 3. The van der Waals surface area contributed by atoms with Gasteiger partial charge in [0.1, 0.15) is 4.32 Å². The van der Waals surface area contributed by atoms with Crippen LogP contribution in [0.1, 0.15) is 23.1 Å². The smallest absolute Gasteiger partial charge is 0.266 e. The molecule has 3 aromatic rings. The van der Waals surface area contributed by atoms with Crippen LogP contribution in [0.3, 0.4) is 0 Å². The number of amides is 2. The van der Waals surface area contributed by atoms with E-state index in [2.05, 4.69) is 0 Å². The maximum atomic E-state index is 13.2. The van der Waals surface area contributed by atoms with Gasteiger partial charge in [-0.3, -0.25) is 14.5 Å². The van der Waals surface area contributed by atoms with Crippen molar-refractivity contribution in [2.45, 2.75) is 19.9 Å². The summed E-state index contributed by atoms with van der Waals surface area (Å²) in [6.45, 7) is 2.75. The van der Waals surface area contributed by atoms with E-state index in [1.165, 1.54) is 16.7 Å². The number of hydrogen-bond donors (Lipinski definition) is 0. The number of rotatable bonds is 7. The van der Waals surface area contributed by atoms with Crippen LogP contribution >= 0.6 is 24.0 Å². The van der Waals surface area contributed by atoms with Crippen LogP contribution in [0.5, 0.6) is 0 Å². The van der Waals surface area contributed by atoms with Gasteiger partial charge >= 0.3 is 0 Å². The van der Waals surface area contributed by atoms with Crippen molar-refractivity contribution >= 4 is 51.9 Å². The summed E-state index contributed by atoms with van der Waals surface area (Å²) in [6, 6.07) is 27.5. The van der Waals surface area contributed by atoms with E-state index in [4.69, 9.17) is 12.2 Å². The van der Waals surface area contributed by atoms with E-state index in [1.54, 1.807) is 4.90 Å². The minimum absolute atomic E-state index is 0.0541. The minimum atomic E-state index is -0.146. The molecule has 33 heavy (non-hydrogen) atoms. The highest BCUT2D eigenvalue weighted by molar-refractivity contribution is 8.26. The molecule has 166 valence electrons. The number of anilines is 1. The predicted molar refractivity (Wildman–Crippen MR) is 140 cm³/mol. The van der Waals surface area contributed by atoms with Crippen LogP contribution in [-0.2, 0) is 16.1 Å². The molecule has 0 aromatic heterocycles. The summed E-state index contributed by atoms with van der Waals surface area (Å²) < 4.78 is 0.487. The van der Waals surface area contributed by atoms with Crippen molar-refractivity contribution in [3.05, 3.63) is 107 Å². The van der Waals surface area contributed by atoms with Crippen LogP contribution in [0.2, 0.25) is 0 Å². The highest BCUT2D eigenvalue weighted by Crippen LogP contribution is 2.33. The van der Waals surface area contributed by atoms with Crippen molar-refractivity contribution in [1.29, 1.82) is 0 Å². The second-order valence-electron chi connectivity index (χ2n) is 7.80. The van der Waals surface area contributed by atoms with Gasteiger partial charge in [0.05, 0.1) is 11.4 Å².